The van der Waals surface area contributed by atoms with E-state index in [4.69, 9.17) is 8.37 Å². The zero-order chi connectivity index (χ0) is 23.4. The normalized spacial score (nSPS) is 13.2. The molecule has 0 radical (unpaired) electrons. The number of rotatable bonds is 19. The SMILES string of the molecule is CCCCCCCC(C=CCCCCCCCC(=O)OC)OS(=O)Oc1ccc(C)cc1. The standard InChI is InChI=1S/C26H42O5S/c1-4-5-6-10-13-16-24(30-32(28)31-25-21-19-23(2)20-22-25)17-14-11-8-7-9-12-15-18-26(27)29-3/h14,17,19-22,24H,4-13,15-16,18H2,1-3H3. The lowest BCUT2D eigenvalue weighted by molar-refractivity contribution is -0.140. The third-order valence-corrected chi connectivity index (χ3v) is 6.04. The van der Waals surface area contributed by atoms with E-state index in [2.05, 4.69) is 17.7 Å². The van der Waals surface area contributed by atoms with Crippen LogP contribution in [-0.4, -0.2) is 23.4 Å². The molecule has 0 aliphatic rings. The van der Waals surface area contributed by atoms with Gasteiger partial charge in [0.05, 0.1) is 13.2 Å². The zero-order valence-corrected chi connectivity index (χ0v) is 21.0. The number of esters is 1. The van der Waals surface area contributed by atoms with Gasteiger partial charge in [-0.25, -0.2) is 0 Å². The molecule has 0 amide bonds. The molecule has 6 heteroatoms. The maximum atomic E-state index is 12.3. The van der Waals surface area contributed by atoms with Crippen LogP contribution < -0.4 is 4.18 Å². The second kappa shape index (κ2) is 18.9. The van der Waals surface area contributed by atoms with Crippen LogP contribution in [0.3, 0.4) is 0 Å². The number of allylic oxidation sites excluding steroid dienone is 1. The summed E-state index contributed by atoms with van der Waals surface area (Å²) in [7, 11) is 1.43. The molecule has 5 nitrogen and oxygen atoms in total. The first kappa shape index (κ1) is 28.4. The minimum Gasteiger partial charge on any atom is -0.469 e. The Morgan fingerprint density at radius 1 is 0.969 bits per heavy atom. The average Bonchev–Trinajstić information content (AvgIpc) is 2.78. The van der Waals surface area contributed by atoms with Gasteiger partial charge in [0.2, 0.25) is 0 Å². The Labute approximate surface area is 197 Å². The van der Waals surface area contributed by atoms with Crippen molar-refractivity contribution in [3.8, 4) is 5.75 Å². The van der Waals surface area contributed by atoms with E-state index in [1.807, 2.05) is 25.1 Å². The summed E-state index contributed by atoms with van der Waals surface area (Å²) in [5.41, 5.74) is 1.13. The van der Waals surface area contributed by atoms with E-state index in [-0.39, 0.29) is 12.1 Å². The van der Waals surface area contributed by atoms with Crippen LogP contribution in [0, 0.1) is 6.92 Å². The molecule has 0 heterocycles. The highest BCUT2D eigenvalue weighted by molar-refractivity contribution is 7.75. The summed E-state index contributed by atoms with van der Waals surface area (Å²) < 4.78 is 28.1. The van der Waals surface area contributed by atoms with Crippen molar-refractivity contribution in [3.05, 3.63) is 42.0 Å². The van der Waals surface area contributed by atoms with Gasteiger partial charge in [-0.3, -0.25) is 8.98 Å². The Balaban J connectivity index is 2.35. The van der Waals surface area contributed by atoms with Crippen LogP contribution in [-0.2, 0) is 25.1 Å². The monoisotopic (exact) mass is 466 g/mol. The largest absolute Gasteiger partial charge is 0.469 e. The first-order valence-electron chi connectivity index (χ1n) is 12.1. The molecular formula is C26H42O5S. The number of benzene rings is 1. The van der Waals surface area contributed by atoms with Gasteiger partial charge in [0.1, 0.15) is 5.75 Å². The Morgan fingerprint density at radius 3 is 2.34 bits per heavy atom. The Kier molecular flexibility index (Phi) is 16.7. The third kappa shape index (κ3) is 15.2. The van der Waals surface area contributed by atoms with E-state index >= 15 is 0 Å². The van der Waals surface area contributed by atoms with Gasteiger partial charge in [-0.2, -0.15) is 4.21 Å². The van der Waals surface area contributed by atoms with E-state index in [1.54, 1.807) is 12.1 Å². The second-order valence-electron chi connectivity index (χ2n) is 8.25. The first-order valence-corrected chi connectivity index (χ1v) is 13.1. The Hall–Kier alpha value is -1.66. The number of aryl methyl sites for hydroxylation is 1. The molecule has 0 aliphatic heterocycles. The first-order chi connectivity index (χ1) is 15.5. The molecule has 0 saturated carbocycles. The van der Waals surface area contributed by atoms with Gasteiger partial charge in [0, 0.05) is 6.42 Å². The molecule has 1 aromatic carbocycles. The number of ether oxygens (including phenoxy) is 1. The van der Waals surface area contributed by atoms with Crippen molar-refractivity contribution in [3.63, 3.8) is 0 Å². The topological polar surface area (TPSA) is 61.8 Å². The highest BCUT2D eigenvalue weighted by Crippen LogP contribution is 2.17. The molecule has 0 saturated heterocycles. The van der Waals surface area contributed by atoms with E-state index in [9.17, 15) is 9.00 Å². The zero-order valence-electron chi connectivity index (χ0n) is 20.2. The molecule has 2 unspecified atom stereocenters. The van der Waals surface area contributed by atoms with E-state index in [1.165, 1.54) is 32.8 Å². The lowest BCUT2D eigenvalue weighted by Crippen LogP contribution is -2.15. The lowest BCUT2D eigenvalue weighted by Gasteiger charge is -2.13. The highest BCUT2D eigenvalue weighted by atomic mass is 32.2. The number of carbonyl (C=O) groups is 1. The van der Waals surface area contributed by atoms with Crippen molar-refractivity contribution in [2.45, 2.75) is 103 Å². The number of methoxy groups -OCH3 is 1. The summed E-state index contributed by atoms with van der Waals surface area (Å²) in [5, 5.41) is 0. The number of hydrogen-bond acceptors (Lipinski definition) is 5. The molecule has 0 fully saturated rings. The molecule has 0 aromatic heterocycles. The van der Waals surface area contributed by atoms with Gasteiger partial charge in [-0.05, 0) is 44.7 Å². The predicted molar refractivity (Wildman–Crippen MR) is 132 cm³/mol. The number of carbonyl (C=O) groups excluding carboxylic acids is 1. The smallest absolute Gasteiger partial charge is 0.360 e. The van der Waals surface area contributed by atoms with Crippen LogP contribution in [0.15, 0.2) is 36.4 Å². The van der Waals surface area contributed by atoms with Crippen molar-refractivity contribution in [1.82, 2.24) is 0 Å². The van der Waals surface area contributed by atoms with Gasteiger partial charge < -0.3 is 8.92 Å². The predicted octanol–water partition coefficient (Wildman–Crippen LogP) is 7.16. The quantitative estimate of drug-likeness (QED) is 0.123. The van der Waals surface area contributed by atoms with Gasteiger partial charge in [-0.15, -0.1) is 0 Å². The minimum atomic E-state index is -1.82. The molecular weight excluding hydrogens is 424 g/mol. The summed E-state index contributed by atoms with van der Waals surface area (Å²) in [5.74, 6) is 0.421. The fourth-order valence-electron chi connectivity index (χ4n) is 3.33. The van der Waals surface area contributed by atoms with Gasteiger partial charge in [0.15, 0.2) is 0 Å². The minimum absolute atomic E-state index is 0.127. The summed E-state index contributed by atoms with van der Waals surface area (Å²) in [6, 6.07) is 7.45. The summed E-state index contributed by atoms with van der Waals surface area (Å²) in [6.07, 6.45) is 17.5. The van der Waals surface area contributed by atoms with E-state index in [0.29, 0.717) is 12.2 Å². The van der Waals surface area contributed by atoms with Crippen LogP contribution in [0.5, 0.6) is 5.75 Å². The Bertz CT molecular complexity index is 657. The number of unbranched alkanes of at least 4 members (excludes halogenated alkanes) is 9. The van der Waals surface area contributed by atoms with Crippen molar-refractivity contribution in [2.75, 3.05) is 7.11 Å². The van der Waals surface area contributed by atoms with Crippen LogP contribution in [0.25, 0.3) is 0 Å². The van der Waals surface area contributed by atoms with Gasteiger partial charge >= 0.3 is 17.3 Å². The second-order valence-corrected chi connectivity index (χ2v) is 9.02. The van der Waals surface area contributed by atoms with Crippen molar-refractivity contribution in [2.24, 2.45) is 0 Å². The van der Waals surface area contributed by atoms with Crippen LogP contribution in [0.2, 0.25) is 0 Å². The van der Waals surface area contributed by atoms with Crippen LogP contribution >= 0.6 is 0 Å². The van der Waals surface area contributed by atoms with Crippen molar-refractivity contribution < 1.29 is 22.1 Å². The molecule has 1 rings (SSSR count). The van der Waals surface area contributed by atoms with Gasteiger partial charge in [0.25, 0.3) is 0 Å². The molecule has 32 heavy (non-hydrogen) atoms. The average molecular weight is 467 g/mol. The molecule has 182 valence electrons. The third-order valence-electron chi connectivity index (χ3n) is 5.31. The van der Waals surface area contributed by atoms with Crippen molar-refractivity contribution >= 4 is 17.3 Å². The molecule has 0 bridgehead atoms. The fourth-order valence-corrected chi connectivity index (χ4v) is 4.00. The summed E-state index contributed by atoms with van der Waals surface area (Å²) in [4.78, 5) is 11.1. The lowest BCUT2D eigenvalue weighted by atomic mass is 10.1. The highest BCUT2D eigenvalue weighted by Gasteiger charge is 2.12. The molecule has 1 aromatic rings. The molecule has 0 N–H and O–H groups in total. The van der Waals surface area contributed by atoms with E-state index < -0.39 is 11.4 Å². The molecule has 0 spiro atoms. The van der Waals surface area contributed by atoms with Crippen LogP contribution in [0.4, 0.5) is 0 Å². The fraction of sp³-hybridized carbons (Fsp3) is 0.654. The van der Waals surface area contributed by atoms with E-state index in [0.717, 1.165) is 56.9 Å². The Morgan fingerprint density at radius 2 is 1.62 bits per heavy atom. The number of hydrogen-bond donors (Lipinski definition) is 0. The maximum Gasteiger partial charge on any atom is 0.360 e. The molecule has 2 atom stereocenters. The maximum absolute atomic E-state index is 12.3. The van der Waals surface area contributed by atoms with Crippen LogP contribution in [0.1, 0.15) is 96.0 Å². The van der Waals surface area contributed by atoms with Gasteiger partial charge in [-0.1, -0.05) is 88.1 Å². The molecule has 0 aliphatic carbocycles. The summed E-state index contributed by atoms with van der Waals surface area (Å²) in [6.45, 7) is 4.21. The van der Waals surface area contributed by atoms with Crippen molar-refractivity contribution in [1.29, 1.82) is 0 Å². The summed E-state index contributed by atoms with van der Waals surface area (Å²) >= 11 is -1.82.